The molecule has 3 nitrogen and oxygen atoms in total. The fourth-order valence-corrected chi connectivity index (χ4v) is 1.40. The molecule has 1 unspecified atom stereocenters. The molecule has 1 aromatic rings. The second-order valence-electron chi connectivity index (χ2n) is 4.70. The van der Waals surface area contributed by atoms with Gasteiger partial charge < -0.3 is 4.90 Å². The van der Waals surface area contributed by atoms with Crippen molar-refractivity contribution in [2.24, 2.45) is 5.92 Å². The fourth-order valence-electron chi connectivity index (χ4n) is 1.40. The van der Waals surface area contributed by atoms with E-state index in [0.717, 1.165) is 5.69 Å². The van der Waals surface area contributed by atoms with Crippen LogP contribution in [0.25, 0.3) is 0 Å². The quantitative estimate of drug-likeness (QED) is 0.784. The van der Waals surface area contributed by atoms with E-state index in [0.29, 0.717) is 17.4 Å². The summed E-state index contributed by atoms with van der Waals surface area (Å²) in [5.41, 5.74) is 1.69. The summed E-state index contributed by atoms with van der Waals surface area (Å²) < 4.78 is 0. The minimum absolute atomic E-state index is 0.00347. The van der Waals surface area contributed by atoms with Crippen LogP contribution in [0.4, 0.5) is 0 Å². The second-order valence-corrected chi connectivity index (χ2v) is 4.70. The van der Waals surface area contributed by atoms with Gasteiger partial charge in [0, 0.05) is 31.9 Å². The maximum Gasteiger partial charge on any atom is 0.254 e. The van der Waals surface area contributed by atoms with Gasteiger partial charge in [-0.1, -0.05) is 20.8 Å². The Labute approximate surface area is 97.5 Å². The first-order valence-electron chi connectivity index (χ1n) is 5.61. The first-order chi connectivity index (χ1) is 7.43. The van der Waals surface area contributed by atoms with Crippen molar-refractivity contribution in [2.45, 2.75) is 26.7 Å². The molecule has 0 aromatic carbocycles. The van der Waals surface area contributed by atoms with Crippen molar-refractivity contribution < 1.29 is 4.79 Å². The zero-order valence-corrected chi connectivity index (χ0v) is 10.7. The van der Waals surface area contributed by atoms with Crippen molar-refractivity contribution in [1.82, 2.24) is 9.88 Å². The molecule has 1 amide bonds. The zero-order valence-electron chi connectivity index (χ0n) is 10.7. The largest absolute Gasteiger partial charge is 0.345 e. The smallest absolute Gasteiger partial charge is 0.254 e. The molecule has 1 rings (SSSR count). The van der Waals surface area contributed by atoms with Crippen LogP contribution in [0.5, 0.6) is 0 Å². The standard InChI is InChI=1S/C13H20N2O/c1-9(2)10(3)12-7-6-11(8-14-12)13(16)15(4)5/h6-10H,1-5H3. The highest BCUT2D eigenvalue weighted by Crippen LogP contribution is 2.21. The van der Waals surface area contributed by atoms with Gasteiger partial charge in [-0.25, -0.2) is 0 Å². The van der Waals surface area contributed by atoms with Crippen LogP contribution >= 0.6 is 0 Å². The molecule has 0 fully saturated rings. The van der Waals surface area contributed by atoms with Crippen LogP contribution in [0.15, 0.2) is 18.3 Å². The van der Waals surface area contributed by atoms with Gasteiger partial charge in [-0.3, -0.25) is 9.78 Å². The van der Waals surface area contributed by atoms with E-state index in [-0.39, 0.29) is 5.91 Å². The summed E-state index contributed by atoms with van der Waals surface area (Å²) in [5, 5.41) is 0. The maximum atomic E-state index is 11.6. The van der Waals surface area contributed by atoms with Gasteiger partial charge in [-0.2, -0.15) is 0 Å². The van der Waals surface area contributed by atoms with Gasteiger partial charge in [0.25, 0.3) is 5.91 Å². The summed E-state index contributed by atoms with van der Waals surface area (Å²) in [4.78, 5) is 17.6. The Balaban J connectivity index is 2.87. The molecule has 16 heavy (non-hydrogen) atoms. The predicted molar refractivity (Wildman–Crippen MR) is 65.5 cm³/mol. The molecule has 0 bridgehead atoms. The molecule has 0 aliphatic rings. The van der Waals surface area contributed by atoms with Crippen molar-refractivity contribution in [2.75, 3.05) is 14.1 Å². The van der Waals surface area contributed by atoms with Crippen molar-refractivity contribution in [1.29, 1.82) is 0 Å². The lowest BCUT2D eigenvalue weighted by atomic mass is 9.94. The Bertz CT molecular complexity index is 355. The van der Waals surface area contributed by atoms with E-state index < -0.39 is 0 Å². The molecule has 88 valence electrons. The molecule has 0 aliphatic carbocycles. The van der Waals surface area contributed by atoms with E-state index in [4.69, 9.17) is 0 Å². The number of nitrogens with zero attached hydrogens (tertiary/aromatic N) is 2. The molecular weight excluding hydrogens is 200 g/mol. The number of pyridine rings is 1. The Morgan fingerprint density at radius 1 is 1.25 bits per heavy atom. The summed E-state index contributed by atoms with van der Waals surface area (Å²) >= 11 is 0. The average molecular weight is 220 g/mol. The van der Waals surface area contributed by atoms with Gasteiger partial charge >= 0.3 is 0 Å². The van der Waals surface area contributed by atoms with Gasteiger partial charge in [-0.15, -0.1) is 0 Å². The van der Waals surface area contributed by atoms with Crippen LogP contribution in [-0.2, 0) is 0 Å². The molecule has 0 N–H and O–H groups in total. The number of aromatic nitrogens is 1. The van der Waals surface area contributed by atoms with Crippen LogP contribution in [0.2, 0.25) is 0 Å². The maximum absolute atomic E-state index is 11.6. The zero-order chi connectivity index (χ0) is 12.3. The summed E-state index contributed by atoms with van der Waals surface area (Å²) in [6, 6.07) is 3.80. The molecule has 1 heterocycles. The van der Waals surface area contributed by atoms with E-state index in [2.05, 4.69) is 25.8 Å². The van der Waals surface area contributed by atoms with Gasteiger partial charge in [0.2, 0.25) is 0 Å². The molecule has 1 aromatic heterocycles. The number of amides is 1. The van der Waals surface area contributed by atoms with Crippen molar-refractivity contribution in [3.8, 4) is 0 Å². The third kappa shape index (κ3) is 2.81. The molecule has 0 aliphatic heterocycles. The Hall–Kier alpha value is -1.38. The van der Waals surface area contributed by atoms with Crippen molar-refractivity contribution in [3.05, 3.63) is 29.6 Å². The lowest BCUT2D eigenvalue weighted by Gasteiger charge is -2.15. The van der Waals surface area contributed by atoms with E-state index in [1.807, 2.05) is 12.1 Å². The third-order valence-electron chi connectivity index (χ3n) is 2.91. The number of hydrogen-bond acceptors (Lipinski definition) is 2. The lowest BCUT2D eigenvalue weighted by molar-refractivity contribution is 0.0827. The first-order valence-corrected chi connectivity index (χ1v) is 5.61. The number of carbonyl (C=O) groups is 1. The van der Waals surface area contributed by atoms with E-state index in [1.54, 1.807) is 25.2 Å². The van der Waals surface area contributed by atoms with Gasteiger partial charge in [0.1, 0.15) is 0 Å². The van der Waals surface area contributed by atoms with Gasteiger partial charge in [0.15, 0.2) is 0 Å². The Morgan fingerprint density at radius 2 is 1.88 bits per heavy atom. The van der Waals surface area contributed by atoms with Gasteiger partial charge in [-0.05, 0) is 18.1 Å². The minimum Gasteiger partial charge on any atom is -0.345 e. The Kier molecular flexibility index (Phi) is 4.05. The highest BCUT2D eigenvalue weighted by molar-refractivity contribution is 5.93. The van der Waals surface area contributed by atoms with E-state index in [1.165, 1.54) is 0 Å². The predicted octanol–water partition coefficient (Wildman–Crippen LogP) is 2.54. The van der Waals surface area contributed by atoms with Crippen LogP contribution < -0.4 is 0 Å². The van der Waals surface area contributed by atoms with Gasteiger partial charge in [0.05, 0.1) is 5.56 Å². The molecule has 0 saturated carbocycles. The molecule has 0 spiro atoms. The average Bonchev–Trinajstić information content (AvgIpc) is 2.27. The number of carbonyl (C=O) groups excluding carboxylic acids is 1. The number of hydrogen-bond donors (Lipinski definition) is 0. The minimum atomic E-state index is -0.00347. The van der Waals surface area contributed by atoms with Crippen LogP contribution in [0.3, 0.4) is 0 Å². The second kappa shape index (κ2) is 5.10. The summed E-state index contributed by atoms with van der Waals surface area (Å²) in [6.07, 6.45) is 1.66. The van der Waals surface area contributed by atoms with E-state index in [9.17, 15) is 4.79 Å². The van der Waals surface area contributed by atoms with Crippen LogP contribution in [0.1, 0.15) is 42.7 Å². The molecule has 1 atom stereocenters. The van der Waals surface area contributed by atoms with Crippen molar-refractivity contribution >= 4 is 5.91 Å². The summed E-state index contributed by atoms with van der Waals surface area (Å²) in [6.45, 7) is 6.50. The molecule has 0 saturated heterocycles. The molecule has 0 radical (unpaired) electrons. The van der Waals surface area contributed by atoms with E-state index >= 15 is 0 Å². The molecule has 3 heteroatoms. The molecular formula is C13H20N2O. The fraction of sp³-hybridized carbons (Fsp3) is 0.538. The van der Waals surface area contributed by atoms with Crippen molar-refractivity contribution in [3.63, 3.8) is 0 Å². The SMILES string of the molecule is CC(C)C(C)c1ccc(C(=O)N(C)C)cn1. The number of rotatable bonds is 3. The lowest BCUT2D eigenvalue weighted by Crippen LogP contribution is -2.21. The Morgan fingerprint density at radius 3 is 2.25 bits per heavy atom. The monoisotopic (exact) mass is 220 g/mol. The highest BCUT2D eigenvalue weighted by atomic mass is 16.2. The summed E-state index contributed by atoms with van der Waals surface area (Å²) in [7, 11) is 3.49. The summed E-state index contributed by atoms with van der Waals surface area (Å²) in [5.74, 6) is 0.975. The topological polar surface area (TPSA) is 33.2 Å². The van der Waals surface area contributed by atoms with Crippen LogP contribution in [-0.4, -0.2) is 29.9 Å². The van der Waals surface area contributed by atoms with Crippen LogP contribution in [0, 0.1) is 5.92 Å². The first kappa shape index (κ1) is 12.7. The normalized spacial score (nSPS) is 12.6. The highest BCUT2D eigenvalue weighted by Gasteiger charge is 2.13. The third-order valence-corrected chi connectivity index (χ3v) is 2.91.